The molecule has 1 aliphatic carbocycles. The smallest absolute Gasteiger partial charge is 0.271 e. The normalized spacial score (nSPS) is 17.8. The molecule has 0 radical (unpaired) electrons. The third kappa shape index (κ3) is 7.39. The van der Waals surface area contributed by atoms with Crippen molar-refractivity contribution in [2.24, 2.45) is 10.9 Å². The number of halogens is 1. The number of imide groups is 1. The molecule has 1 aromatic rings. The van der Waals surface area contributed by atoms with Crippen LogP contribution in [-0.4, -0.2) is 44.8 Å². The van der Waals surface area contributed by atoms with Crippen molar-refractivity contribution >= 4 is 27.5 Å². The lowest BCUT2D eigenvalue weighted by molar-refractivity contribution is -0.127. The van der Waals surface area contributed by atoms with Gasteiger partial charge in [-0.15, -0.1) is 0 Å². The standard InChI is InChI=1S/C21H28FN3O5S/c1-14(16-8-9-17(22)19(11-16)30-13-15-6-7-15)25-31(28,29)10-4-2-3-5-18-21(27)24-20(26)12-23-18/h8-9,11,14-15,25H,2-7,10,12-13H2,1H3,(H,24,26,27)/t14-/m1/s1. The summed E-state index contributed by atoms with van der Waals surface area (Å²) >= 11 is 0. The molecule has 1 fully saturated rings. The largest absolute Gasteiger partial charge is 0.490 e. The number of rotatable bonds is 12. The van der Waals surface area contributed by atoms with Crippen LogP contribution in [0.3, 0.4) is 0 Å². The molecule has 1 saturated carbocycles. The van der Waals surface area contributed by atoms with Gasteiger partial charge in [-0.25, -0.2) is 17.5 Å². The van der Waals surface area contributed by atoms with Crippen LogP contribution in [0, 0.1) is 11.7 Å². The molecule has 170 valence electrons. The molecule has 3 rings (SSSR count). The van der Waals surface area contributed by atoms with Gasteiger partial charge in [0, 0.05) is 6.04 Å². The molecule has 8 nitrogen and oxygen atoms in total. The van der Waals surface area contributed by atoms with Crippen molar-refractivity contribution < 1.29 is 27.1 Å². The van der Waals surface area contributed by atoms with Crippen molar-refractivity contribution in [3.63, 3.8) is 0 Å². The molecule has 2 N–H and O–H groups in total. The number of benzene rings is 1. The van der Waals surface area contributed by atoms with E-state index in [1.165, 1.54) is 6.07 Å². The van der Waals surface area contributed by atoms with Crippen LogP contribution < -0.4 is 14.8 Å². The number of unbranched alkanes of at least 4 members (excludes halogenated alkanes) is 2. The van der Waals surface area contributed by atoms with E-state index in [-0.39, 0.29) is 18.0 Å². The summed E-state index contributed by atoms with van der Waals surface area (Å²) in [6.07, 6.45) is 4.23. The maximum Gasteiger partial charge on any atom is 0.271 e. The van der Waals surface area contributed by atoms with Crippen LogP contribution in [0.5, 0.6) is 5.75 Å². The first kappa shape index (κ1) is 23.3. The lowest BCUT2D eigenvalue weighted by Gasteiger charge is -2.16. The number of carbonyl (C=O) groups excluding carboxylic acids is 2. The molecule has 1 aliphatic heterocycles. The van der Waals surface area contributed by atoms with E-state index in [0.29, 0.717) is 49.5 Å². The van der Waals surface area contributed by atoms with Gasteiger partial charge < -0.3 is 4.74 Å². The Morgan fingerprint density at radius 3 is 2.74 bits per heavy atom. The number of hydrogen-bond acceptors (Lipinski definition) is 6. The number of nitrogens with zero attached hydrogens (tertiary/aromatic N) is 1. The van der Waals surface area contributed by atoms with Crippen LogP contribution in [0.1, 0.15) is 57.1 Å². The molecule has 10 heteroatoms. The van der Waals surface area contributed by atoms with E-state index in [1.807, 2.05) is 0 Å². The molecule has 1 atom stereocenters. The molecule has 31 heavy (non-hydrogen) atoms. The van der Waals surface area contributed by atoms with Crippen LogP contribution in [-0.2, 0) is 19.6 Å². The fourth-order valence-electron chi connectivity index (χ4n) is 3.22. The molecule has 1 heterocycles. The average Bonchev–Trinajstić information content (AvgIpc) is 3.52. The minimum atomic E-state index is -3.53. The third-order valence-corrected chi connectivity index (χ3v) is 6.78. The van der Waals surface area contributed by atoms with E-state index in [9.17, 15) is 22.4 Å². The van der Waals surface area contributed by atoms with Crippen LogP contribution in [0.15, 0.2) is 23.2 Å². The highest BCUT2D eigenvalue weighted by Gasteiger charge is 2.23. The minimum Gasteiger partial charge on any atom is -0.490 e. The Morgan fingerprint density at radius 2 is 2.03 bits per heavy atom. The molecule has 1 aromatic carbocycles. The topological polar surface area (TPSA) is 114 Å². The summed E-state index contributed by atoms with van der Waals surface area (Å²) in [5, 5.41) is 2.21. The first-order valence-corrected chi connectivity index (χ1v) is 12.2. The maximum atomic E-state index is 13.9. The Bertz CT molecular complexity index is 960. The number of sulfonamides is 1. The molecule has 2 amide bonds. The van der Waals surface area contributed by atoms with Crippen LogP contribution in [0.4, 0.5) is 4.39 Å². The summed E-state index contributed by atoms with van der Waals surface area (Å²) in [6.45, 7) is 2.13. The number of nitrogens with one attached hydrogen (secondary N) is 2. The second kappa shape index (κ2) is 10.3. The summed E-state index contributed by atoms with van der Waals surface area (Å²) in [6, 6.07) is 3.87. The van der Waals surface area contributed by atoms with Crippen molar-refractivity contribution in [1.82, 2.24) is 10.0 Å². The Hall–Kier alpha value is -2.33. The molecule has 0 unspecified atom stereocenters. The van der Waals surface area contributed by atoms with Gasteiger partial charge in [0.05, 0.1) is 12.4 Å². The predicted molar refractivity (Wildman–Crippen MR) is 114 cm³/mol. The highest BCUT2D eigenvalue weighted by molar-refractivity contribution is 7.89. The lowest BCUT2D eigenvalue weighted by atomic mass is 10.1. The number of ether oxygens (including phenoxy) is 1. The number of carbonyl (C=O) groups is 2. The van der Waals surface area contributed by atoms with Crippen LogP contribution in [0.25, 0.3) is 0 Å². The summed E-state index contributed by atoms with van der Waals surface area (Å²) in [4.78, 5) is 26.6. The van der Waals surface area contributed by atoms with Crippen molar-refractivity contribution in [3.8, 4) is 5.75 Å². The van der Waals surface area contributed by atoms with Gasteiger partial charge in [-0.05, 0) is 62.6 Å². The zero-order valence-electron chi connectivity index (χ0n) is 17.5. The summed E-state index contributed by atoms with van der Waals surface area (Å²) in [7, 11) is -3.53. The number of amides is 2. The average molecular weight is 454 g/mol. The van der Waals surface area contributed by atoms with Gasteiger partial charge in [-0.1, -0.05) is 12.5 Å². The van der Waals surface area contributed by atoms with E-state index in [4.69, 9.17) is 4.74 Å². The van der Waals surface area contributed by atoms with Gasteiger partial charge >= 0.3 is 0 Å². The highest BCUT2D eigenvalue weighted by Crippen LogP contribution is 2.31. The Labute approximate surface area is 181 Å². The van der Waals surface area contributed by atoms with Crippen molar-refractivity contribution in [1.29, 1.82) is 0 Å². The lowest BCUT2D eigenvalue weighted by Crippen LogP contribution is -2.41. The van der Waals surface area contributed by atoms with Gasteiger partial charge in [-0.3, -0.25) is 19.9 Å². The monoisotopic (exact) mass is 453 g/mol. The van der Waals surface area contributed by atoms with Crippen molar-refractivity contribution in [2.75, 3.05) is 18.9 Å². The van der Waals surface area contributed by atoms with E-state index in [2.05, 4.69) is 15.0 Å². The van der Waals surface area contributed by atoms with Crippen molar-refractivity contribution in [2.45, 2.75) is 51.5 Å². The zero-order chi connectivity index (χ0) is 22.4. The number of aliphatic imine (C=N–C) groups is 1. The second-order valence-electron chi connectivity index (χ2n) is 8.05. The Balaban J connectivity index is 1.42. The second-order valence-corrected chi connectivity index (χ2v) is 9.93. The number of hydrogen-bond donors (Lipinski definition) is 2. The quantitative estimate of drug-likeness (QED) is 0.372. The fraction of sp³-hybridized carbons (Fsp3) is 0.571. The zero-order valence-corrected chi connectivity index (χ0v) is 18.3. The summed E-state index contributed by atoms with van der Waals surface area (Å²) in [5.74, 6) is -0.768. The first-order chi connectivity index (χ1) is 14.7. The van der Waals surface area contributed by atoms with E-state index < -0.39 is 33.7 Å². The molecular formula is C21H28FN3O5S. The molecule has 2 aliphatic rings. The molecule has 0 saturated heterocycles. The van der Waals surface area contributed by atoms with Crippen LogP contribution >= 0.6 is 0 Å². The summed E-state index contributed by atoms with van der Waals surface area (Å²) in [5.41, 5.74) is 0.955. The first-order valence-electron chi connectivity index (χ1n) is 10.5. The molecule has 0 bridgehead atoms. The van der Waals surface area contributed by atoms with Crippen LogP contribution in [0.2, 0.25) is 0 Å². The van der Waals surface area contributed by atoms with Gasteiger partial charge in [0.25, 0.3) is 5.91 Å². The Morgan fingerprint density at radius 1 is 1.26 bits per heavy atom. The van der Waals surface area contributed by atoms with Gasteiger partial charge in [0.2, 0.25) is 15.9 Å². The predicted octanol–water partition coefficient (Wildman–Crippen LogP) is 2.25. The third-order valence-electron chi connectivity index (χ3n) is 5.24. The van der Waals surface area contributed by atoms with Gasteiger partial charge in [0.1, 0.15) is 12.3 Å². The van der Waals surface area contributed by atoms with E-state index in [0.717, 1.165) is 12.8 Å². The van der Waals surface area contributed by atoms with Gasteiger partial charge in [0.15, 0.2) is 11.6 Å². The SMILES string of the molecule is C[C@@H](NS(=O)(=O)CCCCCC1=NCC(=O)NC1=O)c1ccc(F)c(OCC2CC2)c1. The van der Waals surface area contributed by atoms with Crippen molar-refractivity contribution in [3.05, 3.63) is 29.6 Å². The molecular weight excluding hydrogens is 425 g/mol. The van der Waals surface area contributed by atoms with E-state index in [1.54, 1.807) is 19.1 Å². The van der Waals surface area contributed by atoms with Gasteiger partial charge in [-0.2, -0.15) is 0 Å². The maximum absolute atomic E-state index is 13.9. The minimum absolute atomic E-state index is 0.0476. The highest BCUT2D eigenvalue weighted by atomic mass is 32.2. The molecule has 0 spiro atoms. The molecule has 0 aromatic heterocycles. The fourth-order valence-corrected chi connectivity index (χ4v) is 4.60. The van der Waals surface area contributed by atoms with E-state index >= 15 is 0 Å². The Kier molecular flexibility index (Phi) is 7.77. The summed E-state index contributed by atoms with van der Waals surface area (Å²) < 4.78 is 46.9.